The summed E-state index contributed by atoms with van der Waals surface area (Å²) < 4.78 is 16.1. The molecule has 0 aromatic heterocycles. The molecule has 2 aromatic rings. The van der Waals surface area contributed by atoms with Crippen LogP contribution in [-0.2, 0) is 25.5 Å². The molecule has 0 radical (unpaired) electrons. The molecule has 182 valence electrons. The molecule has 0 N–H and O–H groups in total. The van der Waals surface area contributed by atoms with Crippen molar-refractivity contribution >= 4 is 24.0 Å². The molecular weight excluding hydrogens is 432 g/mol. The van der Waals surface area contributed by atoms with Crippen molar-refractivity contribution in [1.29, 1.82) is 0 Å². The van der Waals surface area contributed by atoms with E-state index in [4.69, 9.17) is 14.2 Å². The molecule has 2 rings (SSSR count). The minimum absolute atomic E-state index is 0.157. The van der Waals surface area contributed by atoms with E-state index in [-0.39, 0.29) is 30.3 Å². The van der Waals surface area contributed by atoms with Gasteiger partial charge in [-0.3, -0.25) is 9.59 Å². The lowest BCUT2D eigenvalue weighted by Gasteiger charge is -2.11. The summed E-state index contributed by atoms with van der Waals surface area (Å²) in [6, 6.07) is 14.8. The highest BCUT2D eigenvalue weighted by molar-refractivity contribution is 5.87. The van der Waals surface area contributed by atoms with Crippen molar-refractivity contribution in [1.82, 2.24) is 0 Å². The zero-order valence-corrected chi connectivity index (χ0v) is 20.1. The number of carbonyl (C=O) groups excluding carboxylic acids is 3. The first-order valence-corrected chi connectivity index (χ1v) is 12.0. The second-order valence-corrected chi connectivity index (χ2v) is 7.95. The van der Waals surface area contributed by atoms with Crippen LogP contribution in [0, 0.1) is 0 Å². The van der Waals surface area contributed by atoms with Crippen molar-refractivity contribution in [2.45, 2.75) is 65.2 Å². The third-order valence-electron chi connectivity index (χ3n) is 4.99. The minimum atomic E-state index is -0.454. The van der Waals surface area contributed by atoms with E-state index in [1.165, 1.54) is 11.6 Å². The Kier molecular flexibility index (Phi) is 12.2. The number of esters is 3. The summed E-state index contributed by atoms with van der Waals surface area (Å²) in [6.45, 7) is 4.30. The molecule has 0 aliphatic rings. The van der Waals surface area contributed by atoms with Gasteiger partial charge in [0.05, 0.1) is 6.61 Å². The number of hydrogen-bond acceptors (Lipinski definition) is 6. The molecule has 6 heteroatoms. The van der Waals surface area contributed by atoms with Crippen molar-refractivity contribution in [3.8, 4) is 11.5 Å². The maximum absolute atomic E-state index is 12.2. The predicted octanol–water partition coefficient (Wildman–Crippen LogP) is 6.07. The quantitative estimate of drug-likeness (QED) is 0.146. The number of rotatable bonds is 14. The fraction of sp³-hybridized carbons (Fsp3) is 0.393. The monoisotopic (exact) mass is 466 g/mol. The summed E-state index contributed by atoms with van der Waals surface area (Å²) >= 11 is 0. The Balaban J connectivity index is 1.97. The third kappa shape index (κ3) is 10.5. The highest BCUT2D eigenvalue weighted by atomic mass is 16.6. The highest BCUT2D eigenvalue weighted by Crippen LogP contribution is 2.30. The van der Waals surface area contributed by atoms with Crippen LogP contribution in [0.3, 0.4) is 0 Å². The van der Waals surface area contributed by atoms with Crippen molar-refractivity contribution in [3.05, 3.63) is 65.7 Å². The molecule has 0 saturated carbocycles. The smallest absolute Gasteiger partial charge is 0.330 e. The molecule has 0 aliphatic heterocycles. The first-order chi connectivity index (χ1) is 16.5. The van der Waals surface area contributed by atoms with E-state index in [1.54, 1.807) is 24.3 Å². The van der Waals surface area contributed by atoms with Crippen LogP contribution in [-0.4, -0.2) is 24.5 Å². The van der Waals surface area contributed by atoms with E-state index >= 15 is 0 Å². The lowest BCUT2D eigenvalue weighted by Crippen LogP contribution is -2.12. The number of aryl methyl sites for hydroxylation is 1. The number of unbranched alkanes of at least 4 members (excludes halogenated alkanes) is 2. The molecule has 0 saturated heterocycles. The maximum atomic E-state index is 12.2. The summed E-state index contributed by atoms with van der Waals surface area (Å²) in [6.07, 6.45) is 8.21. The highest BCUT2D eigenvalue weighted by Gasteiger charge is 2.14. The molecule has 0 atom stereocenters. The largest absolute Gasteiger partial charge is 0.463 e. The van der Waals surface area contributed by atoms with Gasteiger partial charge in [0.15, 0.2) is 11.5 Å². The standard InChI is InChI=1S/C28H34O6/c1-3-5-14-27(30)33-24-18-16-23(21-25(24)34-28(31)15-6-4-2)17-19-26(29)32-20-10-13-22-11-8-7-9-12-22/h7-9,11-12,16-19,21H,3-6,10,13-15,20H2,1-2H3/b19-17+. The Morgan fingerprint density at radius 1 is 0.794 bits per heavy atom. The Labute approximate surface area is 201 Å². The van der Waals surface area contributed by atoms with Crippen LogP contribution < -0.4 is 9.47 Å². The van der Waals surface area contributed by atoms with Crippen LogP contribution in [0.4, 0.5) is 0 Å². The van der Waals surface area contributed by atoms with Gasteiger partial charge in [-0.15, -0.1) is 0 Å². The van der Waals surface area contributed by atoms with Crippen LogP contribution >= 0.6 is 0 Å². The van der Waals surface area contributed by atoms with Crippen molar-refractivity contribution < 1.29 is 28.6 Å². The molecule has 34 heavy (non-hydrogen) atoms. The second-order valence-electron chi connectivity index (χ2n) is 7.95. The van der Waals surface area contributed by atoms with E-state index in [2.05, 4.69) is 0 Å². The first-order valence-electron chi connectivity index (χ1n) is 12.0. The van der Waals surface area contributed by atoms with Crippen LogP contribution in [0.5, 0.6) is 11.5 Å². The lowest BCUT2D eigenvalue weighted by atomic mass is 10.1. The Morgan fingerprint density at radius 3 is 2.09 bits per heavy atom. The van der Waals surface area contributed by atoms with Gasteiger partial charge >= 0.3 is 17.9 Å². The summed E-state index contributed by atoms with van der Waals surface area (Å²) in [7, 11) is 0. The van der Waals surface area contributed by atoms with Gasteiger partial charge in [0.1, 0.15) is 0 Å². The van der Waals surface area contributed by atoms with E-state index in [1.807, 2.05) is 44.2 Å². The molecule has 0 spiro atoms. The summed E-state index contributed by atoms with van der Waals surface area (Å²) in [4.78, 5) is 36.3. The van der Waals surface area contributed by atoms with Gasteiger partial charge in [-0.05, 0) is 55.0 Å². The minimum Gasteiger partial charge on any atom is -0.463 e. The Morgan fingerprint density at radius 2 is 1.44 bits per heavy atom. The molecule has 0 fully saturated rings. The molecule has 2 aromatic carbocycles. The summed E-state index contributed by atoms with van der Waals surface area (Å²) in [5.41, 5.74) is 1.82. The zero-order valence-electron chi connectivity index (χ0n) is 20.1. The normalized spacial score (nSPS) is 10.8. The molecule has 0 aliphatic carbocycles. The van der Waals surface area contributed by atoms with E-state index in [9.17, 15) is 14.4 Å². The van der Waals surface area contributed by atoms with Gasteiger partial charge in [0.25, 0.3) is 0 Å². The van der Waals surface area contributed by atoms with E-state index < -0.39 is 11.9 Å². The summed E-state index contributed by atoms with van der Waals surface area (Å²) in [5.74, 6) is -0.887. The third-order valence-corrected chi connectivity index (χ3v) is 4.99. The molecule has 0 amide bonds. The predicted molar refractivity (Wildman–Crippen MR) is 132 cm³/mol. The van der Waals surface area contributed by atoms with Crippen LogP contribution in [0.1, 0.15) is 69.9 Å². The number of benzene rings is 2. The molecule has 0 unspecified atom stereocenters. The molecule has 0 heterocycles. The Hall–Kier alpha value is -3.41. The fourth-order valence-electron chi connectivity index (χ4n) is 3.09. The fourth-order valence-corrected chi connectivity index (χ4v) is 3.09. The van der Waals surface area contributed by atoms with Gasteiger partial charge in [0.2, 0.25) is 0 Å². The topological polar surface area (TPSA) is 78.9 Å². The zero-order chi connectivity index (χ0) is 24.6. The SMILES string of the molecule is CCCCC(=O)Oc1ccc(/C=C/C(=O)OCCCc2ccccc2)cc1OC(=O)CCCC. The van der Waals surface area contributed by atoms with Crippen molar-refractivity contribution in [3.63, 3.8) is 0 Å². The van der Waals surface area contributed by atoms with Gasteiger partial charge < -0.3 is 14.2 Å². The van der Waals surface area contributed by atoms with E-state index in [0.717, 1.165) is 32.1 Å². The van der Waals surface area contributed by atoms with E-state index in [0.29, 0.717) is 18.6 Å². The van der Waals surface area contributed by atoms with Crippen molar-refractivity contribution in [2.24, 2.45) is 0 Å². The van der Waals surface area contributed by atoms with Crippen molar-refractivity contribution in [2.75, 3.05) is 6.61 Å². The van der Waals surface area contributed by atoms with Crippen LogP contribution in [0.15, 0.2) is 54.6 Å². The first kappa shape index (κ1) is 26.8. The van der Waals surface area contributed by atoms with Gasteiger partial charge in [0, 0.05) is 18.9 Å². The number of carbonyl (C=O) groups is 3. The average molecular weight is 467 g/mol. The average Bonchev–Trinajstić information content (AvgIpc) is 2.84. The van der Waals surface area contributed by atoms with Gasteiger partial charge in [-0.2, -0.15) is 0 Å². The Bertz CT molecular complexity index is 949. The molecule has 0 bridgehead atoms. The molecular formula is C28H34O6. The number of ether oxygens (including phenoxy) is 3. The van der Waals surface area contributed by atoms with Crippen LogP contribution in [0.25, 0.3) is 6.08 Å². The summed E-state index contributed by atoms with van der Waals surface area (Å²) in [5, 5.41) is 0. The van der Waals surface area contributed by atoms with Gasteiger partial charge in [-0.1, -0.05) is 63.1 Å². The lowest BCUT2D eigenvalue weighted by molar-refractivity contribution is -0.138. The number of hydrogen-bond donors (Lipinski definition) is 0. The second kappa shape index (κ2) is 15.4. The van der Waals surface area contributed by atoms with Gasteiger partial charge in [-0.25, -0.2) is 4.79 Å². The van der Waals surface area contributed by atoms with Crippen LogP contribution in [0.2, 0.25) is 0 Å². The molecule has 6 nitrogen and oxygen atoms in total. The maximum Gasteiger partial charge on any atom is 0.330 e.